The van der Waals surface area contributed by atoms with E-state index in [1.54, 1.807) is 0 Å². The average molecular weight is 248 g/mol. The van der Waals surface area contributed by atoms with E-state index >= 15 is 0 Å². The third-order valence-corrected chi connectivity index (χ3v) is 2.43. The minimum absolute atomic E-state index is 0.00190. The maximum atomic E-state index is 10.6. The van der Waals surface area contributed by atoms with Crippen molar-refractivity contribution >= 4 is 5.91 Å². The van der Waals surface area contributed by atoms with E-state index in [2.05, 4.69) is 11.9 Å². The Kier molecular flexibility index (Phi) is 6.76. The Morgan fingerprint density at radius 3 is 2.78 bits per heavy atom. The van der Waals surface area contributed by atoms with E-state index in [4.69, 9.17) is 10.5 Å². The molecule has 0 fully saturated rings. The van der Waals surface area contributed by atoms with Crippen LogP contribution in [0.3, 0.4) is 0 Å². The topological polar surface area (TPSA) is 64.3 Å². The van der Waals surface area contributed by atoms with Gasteiger partial charge in [0.2, 0.25) is 5.91 Å². The first kappa shape index (κ1) is 14.4. The van der Waals surface area contributed by atoms with Crippen molar-refractivity contribution in [2.45, 2.75) is 19.1 Å². The van der Waals surface area contributed by atoms with Gasteiger partial charge >= 0.3 is 0 Å². The predicted molar refractivity (Wildman–Crippen MR) is 71.9 cm³/mol. The van der Waals surface area contributed by atoms with Crippen molar-refractivity contribution in [3.8, 4) is 0 Å². The van der Waals surface area contributed by atoms with E-state index in [0.29, 0.717) is 13.2 Å². The van der Waals surface area contributed by atoms with Crippen LogP contribution >= 0.6 is 0 Å². The van der Waals surface area contributed by atoms with Crippen molar-refractivity contribution in [2.75, 3.05) is 13.1 Å². The average Bonchev–Trinajstić information content (AvgIpc) is 2.37. The highest BCUT2D eigenvalue weighted by molar-refractivity contribution is 5.75. The van der Waals surface area contributed by atoms with Gasteiger partial charge in [-0.05, 0) is 12.0 Å². The zero-order chi connectivity index (χ0) is 13.2. The van der Waals surface area contributed by atoms with E-state index in [1.165, 1.54) is 0 Å². The Morgan fingerprint density at radius 1 is 1.44 bits per heavy atom. The quantitative estimate of drug-likeness (QED) is 0.646. The highest BCUT2D eigenvalue weighted by Crippen LogP contribution is 2.05. The third kappa shape index (κ3) is 6.18. The molecule has 0 saturated carbocycles. The second-order valence-corrected chi connectivity index (χ2v) is 4.04. The number of hydrogen-bond donors (Lipinski definition) is 2. The molecule has 0 unspecified atom stereocenters. The Morgan fingerprint density at radius 2 is 2.17 bits per heavy atom. The minimum Gasteiger partial charge on any atom is -0.372 e. The van der Waals surface area contributed by atoms with Gasteiger partial charge in [0, 0.05) is 6.54 Å². The summed E-state index contributed by atoms with van der Waals surface area (Å²) in [6, 6.07) is 9.96. The third-order valence-electron chi connectivity index (χ3n) is 2.43. The molecular formula is C14H20N2O2. The molecule has 1 atom stereocenters. The molecular weight excluding hydrogens is 228 g/mol. The van der Waals surface area contributed by atoms with Crippen LogP contribution in [0.4, 0.5) is 0 Å². The molecule has 0 heterocycles. The van der Waals surface area contributed by atoms with Gasteiger partial charge in [0.1, 0.15) is 0 Å². The summed E-state index contributed by atoms with van der Waals surface area (Å²) in [5, 5.41) is 2.96. The smallest absolute Gasteiger partial charge is 0.231 e. The predicted octanol–water partition coefficient (Wildman–Crippen LogP) is 1.22. The number of carbonyl (C=O) groups is 1. The summed E-state index contributed by atoms with van der Waals surface area (Å²) in [6.07, 6.45) is 2.54. The number of amides is 1. The number of nitrogens with one attached hydrogen (secondary N) is 1. The van der Waals surface area contributed by atoms with Gasteiger partial charge < -0.3 is 15.8 Å². The van der Waals surface area contributed by atoms with Crippen molar-refractivity contribution in [3.05, 3.63) is 48.6 Å². The van der Waals surface area contributed by atoms with Crippen LogP contribution < -0.4 is 11.1 Å². The number of carbonyl (C=O) groups excluding carboxylic acids is 1. The summed E-state index contributed by atoms with van der Waals surface area (Å²) >= 11 is 0. The first-order chi connectivity index (χ1) is 8.72. The summed E-state index contributed by atoms with van der Waals surface area (Å²) in [7, 11) is 0. The Bertz CT molecular complexity index is 365. The minimum atomic E-state index is -0.365. The number of rotatable bonds is 9. The zero-order valence-corrected chi connectivity index (χ0v) is 10.5. The fourth-order valence-electron chi connectivity index (χ4n) is 1.54. The van der Waals surface area contributed by atoms with Gasteiger partial charge in [0.05, 0.1) is 19.3 Å². The van der Waals surface area contributed by atoms with Crippen molar-refractivity contribution in [3.63, 3.8) is 0 Å². The van der Waals surface area contributed by atoms with E-state index in [0.717, 1.165) is 12.0 Å². The fraction of sp³-hybridized carbons (Fsp3) is 0.357. The van der Waals surface area contributed by atoms with Crippen molar-refractivity contribution in [1.29, 1.82) is 0 Å². The van der Waals surface area contributed by atoms with E-state index in [9.17, 15) is 4.79 Å². The van der Waals surface area contributed by atoms with Crippen LogP contribution in [0.15, 0.2) is 43.0 Å². The SMILES string of the molecule is C=CC[C@@H](CNCC(N)=O)OCc1ccccc1. The van der Waals surface area contributed by atoms with Gasteiger partial charge in [0.25, 0.3) is 0 Å². The molecule has 0 radical (unpaired) electrons. The van der Waals surface area contributed by atoms with Gasteiger partial charge in [-0.15, -0.1) is 6.58 Å². The molecule has 98 valence electrons. The molecule has 0 aromatic heterocycles. The zero-order valence-electron chi connectivity index (χ0n) is 10.5. The molecule has 0 bridgehead atoms. The molecule has 3 N–H and O–H groups in total. The van der Waals surface area contributed by atoms with Crippen molar-refractivity contribution < 1.29 is 9.53 Å². The Hall–Kier alpha value is -1.65. The van der Waals surface area contributed by atoms with Crippen LogP contribution in [-0.2, 0) is 16.1 Å². The molecule has 1 aromatic rings. The van der Waals surface area contributed by atoms with Crippen LogP contribution in [0, 0.1) is 0 Å². The Labute approximate surface area is 108 Å². The second-order valence-electron chi connectivity index (χ2n) is 4.04. The molecule has 4 nitrogen and oxygen atoms in total. The standard InChI is InChI=1S/C14H20N2O2/c1-2-6-13(9-16-10-14(15)17)18-11-12-7-4-3-5-8-12/h2-5,7-8,13,16H,1,6,9-11H2,(H2,15,17)/t13-/m0/s1. The van der Waals surface area contributed by atoms with Crippen LogP contribution in [0.5, 0.6) is 0 Å². The maximum absolute atomic E-state index is 10.6. The molecule has 0 spiro atoms. The van der Waals surface area contributed by atoms with Gasteiger partial charge in [-0.3, -0.25) is 4.79 Å². The van der Waals surface area contributed by atoms with Crippen LogP contribution in [0.1, 0.15) is 12.0 Å². The van der Waals surface area contributed by atoms with Crippen LogP contribution in [-0.4, -0.2) is 25.1 Å². The summed E-state index contributed by atoms with van der Waals surface area (Å²) in [6.45, 7) is 5.01. The molecule has 0 saturated heterocycles. The fourth-order valence-corrected chi connectivity index (χ4v) is 1.54. The van der Waals surface area contributed by atoms with Crippen LogP contribution in [0.25, 0.3) is 0 Å². The molecule has 1 rings (SSSR count). The van der Waals surface area contributed by atoms with Crippen molar-refractivity contribution in [2.24, 2.45) is 5.73 Å². The molecule has 4 heteroatoms. The summed E-state index contributed by atoms with van der Waals surface area (Å²) < 4.78 is 5.76. The lowest BCUT2D eigenvalue weighted by Gasteiger charge is -2.16. The highest BCUT2D eigenvalue weighted by Gasteiger charge is 2.07. The Balaban J connectivity index is 2.33. The number of hydrogen-bond acceptors (Lipinski definition) is 3. The summed E-state index contributed by atoms with van der Waals surface area (Å²) in [5.41, 5.74) is 6.18. The molecule has 18 heavy (non-hydrogen) atoms. The largest absolute Gasteiger partial charge is 0.372 e. The lowest BCUT2D eigenvalue weighted by molar-refractivity contribution is -0.117. The molecule has 1 aromatic carbocycles. The van der Waals surface area contributed by atoms with E-state index in [1.807, 2.05) is 36.4 Å². The summed E-state index contributed by atoms with van der Waals surface area (Å²) in [4.78, 5) is 10.6. The number of ether oxygens (including phenoxy) is 1. The number of benzene rings is 1. The van der Waals surface area contributed by atoms with Gasteiger partial charge in [0.15, 0.2) is 0 Å². The first-order valence-electron chi connectivity index (χ1n) is 5.98. The van der Waals surface area contributed by atoms with E-state index in [-0.39, 0.29) is 18.6 Å². The summed E-state index contributed by atoms with van der Waals surface area (Å²) in [5.74, 6) is -0.365. The molecule has 0 aliphatic carbocycles. The highest BCUT2D eigenvalue weighted by atomic mass is 16.5. The van der Waals surface area contributed by atoms with E-state index < -0.39 is 0 Å². The molecule has 0 aliphatic rings. The van der Waals surface area contributed by atoms with Crippen molar-refractivity contribution in [1.82, 2.24) is 5.32 Å². The number of nitrogens with two attached hydrogens (primary N) is 1. The van der Waals surface area contributed by atoms with Gasteiger partial charge in [-0.1, -0.05) is 36.4 Å². The monoisotopic (exact) mass is 248 g/mol. The maximum Gasteiger partial charge on any atom is 0.231 e. The number of primary amides is 1. The molecule has 1 amide bonds. The molecule has 0 aliphatic heterocycles. The van der Waals surface area contributed by atoms with Gasteiger partial charge in [-0.2, -0.15) is 0 Å². The lowest BCUT2D eigenvalue weighted by Crippen LogP contribution is -2.35. The van der Waals surface area contributed by atoms with Gasteiger partial charge in [-0.25, -0.2) is 0 Å². The van der Waals surface area contributed by atoms with Crippen LogP contribution in [0.2, 0.25) is 0 Å². The second kappa shape index (κ2) is 8.44. The normalized spacial score (nSPS) is 12.0. The lowest BCUT2D eigenvalue weighted by atomic mass is 10.2. The first-order valence-corrected chi connectivity index (χ1v) is 5.98.